The van der Waals surface area contributed by atoms with E-state index in [2.05, 4.69) is 9.97 Å². The lowest BCUT2D eigenvalue weighted by Crippen LogP contribution is -2.50. The van der Waals surface area contributed by atoms with Crippen molar-refractivity contribution < 1.29 is 13.6 Å². The fraction of sp³-hybridized carbons (Fsp3) is 0.312. The van der Waals surface area contributed by atoms with Gasteiger partial charge < -0.3 is 9.80 Å². The van der Waals surface area contributed by atoms with Crippen LogP contribution < -0.4 is 4.90 Å². The zero-order chi connectivity index (χ0) is 16.4. The van der Waals surface area contributed by atoms with Crippen LogP contribution in [0.15, 0.2) is 30.6 Å². The van der Waals surface area contributed by atoms with Crippen LogP contribution in [0.5, 0.6) is 0 Å². The summed E-state index contributed by atoms with van der Waals surface area (Å²) in [5.74, 6) is -0.887. The standard InChI is InChI=1S/C16H16F2N4O/c1-11-7-19-16(20-8-11)22-5-4-21(15(23)10-22)9-12-2-3-13(17)6-14(12)18/h2-3,6-8H,4-5,9-10H2,1H3. The summed E-state index contributed by atoms with van der Waals surface area (Å²) in [5, 5.41) is 0. The van der Waals surface area contributed by atoms with E-state index in [1.54, 1.807) is 22.2 Å². The molecule has 0 atom stereocenters. The van der Waals surface area contributed by atoms with Gasteiger partial charge in [-0.05, 0) is 18.6 Å². The second-order valence-corrected chi connectivity index (χ2v) is 5.53. The first-order valence-corrected chi connectivity index (χ1v) is 7.28. The Morgan fingerprint density at radius 3 is 2.57 bits per heavy atom. The number of benzene rings is 1. The highest BCUT2D eigenvalue weighted by Gasteiger charge is 2.26. The molecule has 1 aromatic carbocycles. The number of aromatic nitrogens is 2. The molecule has 5 nitrogen and oxygen atoms in total. The number of carbonyl (C=O) groups is 1. The Bertz CT molecular complexity index is 721. The van der Waals surface area contributed by atoms with Crippen molar-refractivity contribution in [1.82, 2.24) is 14.9 Å². The van der Waals surface area contributed by atoms with Crippen molar-refractivity contribution in [3.05, 3.63) is 53.4 Å². The van der Waals surface area contributed by atoms with E-state index in [0.29, 0.717) is 24.6 Å². The molecule has 0 bridgehead atoms. The Kier molecular flexibility index (Phi) is 4.18. The van der Waals surface area contributed by atoms with Gasteiger partial charge in [-0.15, -0.1) is 0 Å². The zero-order valence-electron chi connectivity index (χ0n) is 12.7. The van der Waals surface area contributed by atoms with Crippen LogP contribution in [0.4, 0.5) is 14.7 Å². The number of rotatable bonds is 3. The molecule has 0 unspecified atom stereocenters. The number of amides is 1. The molecule has 0 radical (unpaired) electrons. The third kappa shape index (κ3) is 3.44. The summed E-state index contributed by atoms with van der Waals surface area (Å²) in [6, 6.07) is 3.39. The molecule has 0 aliphatic carbocycles. The van der Waals surface area contributed by atoms with Crippen LogP contribution >= 0.6 is 0 Å². The summed E-state index contributed by atoms with van der Waals surface area (Å²) in [7, 11) is 0. The van der Waals surface area contributed by atoms with Crippen molar-refractivity contribution in [2.45, 2.75) is 13.5 Å². The van der Waals surface area contributed by atoms with Crippen LogP contribution in [0.3, 0.4) is 0 Å². The number of aryl methyl sites for hydroxylation is 1. The van der Waals surface area contributed by atoms with Crippen molar-refractivity contribution in [1.29, 1.82) is 0 Å². The maximum atomic E-state index is 13.7. The first kappa shape index (κ1) is 15.3. The molecule has 1 fully saturated rings. The van der Waals surface area contributed by atoms with Crippen LogP contribution in [0.1, 0.15) is 11.1 Å². The van der Waals surface area contributed by atoms with Crippen LogP contribution in [0.2, 0.25) is 0 Å². The summed E-state index contributed by atoms with van der Waals surface area (Å²) < 4.78 is 26.6. The first-order chi connectivity index (χ1) is 11.0. The molecule has 1 aliphatic rings. The molecule has 2 aromatic rings. The van der Waals surface area contributed by atoms with Crippen molar-refractivity contribution in [3.8, 4) is 0 Å². The average molecular weight is 318 g/mol. The Balaban J connectivity index is 1.67. The second-order valence-electron chi connectivity index (χ2n) is 5.53. The molecule has 1 aliphatic heterocycles. The SMILES string of the molecule is Cc1cnc(N2CCN(Cc3ccc(F)cc3F)C(=O)C2)nc1. The van der Waals surface area contributed by atoms with Gasteiger partial charge in [0.1, 0.15) is 18.2 Å². The molecular formula is C16H16F2N4O. The predicted molar refractivity (Wildman–Crippen MR) is 80.8 cm³/mol. The highest BCUT2D eigenvalue weighted by molar-refractivity contribution is 5.82. The molecule has 0 spiro atoms. The van der Waals surface area contributed by atoms with Crippen molar-refractivity contribution >= 4 is 11.9 Å². The normalized spacial score (nSPS) is 15.2. The Morgan fingerprint density at radius 2 is 1.91 bits per heavy atom. The first-order valence-electron chi connectivity index (χ1n) is 7.28. The van der Waals surface area contributed by atoms with Gasteiger partial charge in [0.25, 0.3) is 0 Å². The Labute approximate surface area is 132 Å². The molecule has 0 N–H and O–H groups in total. The van der Waals surface area contributed by atoms with E-state index < -0.39 is 11.6 Å². The highest BCUT2D eigenvalue weighted by Crippen LogP contribution is 2.16. The summed E-state index contributed by atoms with van der Waals surface area (Å²) >= 11 is 0. The van der Waals surface area contributed by atoms with E-state index in [9.17, 15) is 13.6 Å². The second kappa shape index (κ2) is 6.28. The number of anilines is 1. The summed E-state index contributed by atoms with van der Waals surface area (Å²) in [4.78, 5) is 24.0. The van der Waals surface area contributed by atoms with Gasteiger partial charge in [0.2, 0.25) is 11.9 Å². The zero-order valence-corrected chi connectivity index (χ0v) is 12.7. The maximum Gasteiger partial charge on any atom is 0.242 e. The Morgan fingerprint density at radius 1 is 1.17 bits per heavy atom. The molecule has 23 heavy (non-hydrogen) atoms. The lowest BCUT2D eigenvalue weighted by atomic mass is 10.1. The Hall–Kier alpha value is -2.57. The topological polar surface area (TPSA) is 49.3 Å². The molecule has 1 amide bonds. The van der Waals surface area contributed by atoms with E-state index in [0.717, 1.165) is 11.6 Å². The molecule has 0 saturated carbocycles. The smallest absolute Gasteiger partial charge is 0.242 e. The summed E-state index contributed by atoms with van der Waals surface area (Å²) in [6.07, 6.45) is 3.40. The number of hydrogen-bond donors (Lipinski definition) is 0. The minimum absolute atomic E-state index is 0.132. The fourth-order valence-corrected chi connectivity index (χ4v) is 2.45. The van der Waals surface area contributed by atoms with Crippen LogP contribution in [-0.4, -0.2) is 40.4 Å². The number of halogens is 2. The third-order valence-electron chi connectivity index (χ3n) is 3.75. The summed E-state index contributed by atoms with van der Waals surface area (Å²) in [6.45, 7) is 3.17. The van der Waals surface area contributed by atoms with Crippen molar-refractivity contribution in [2.24, 2.45) is 0 Å². The minimum Gasteiger partial charge on any atom is -0.335 e. The molecule has 120 valence electrons. The van der Waals surface area contributed by atoms with Gasteiger partial charge in [0.15, 0.2) is 0 Å². The van der Waals surface area contributed by atoms with E-state index in [1.807, 2.05) is 6.92 Å². The lowest BCUT2D eigenvalue weighted by molar-refractivity contribution is -0.131. The number of hydrogen-bond acceptors (Lipinski definition) is 4. The van der Waals surface area contributed by atoms with E-state index >= 15 is 0 Å². The van der Waals surface area contributed by atoms with Gasteiger partial charge in [0, 0.05) is 43.7 Å². The number of carbonyl (C=O) groups excluding carboxylic acids is 1. The number of nitrogens with zero attached hydrogens (tertiary/aromatic N) is 4. The van der Waals surface area contributed by atoms with Crippen molar-refractivity contribution in [3.63, 3.8) is 0 Å². The van der Waals surface area contributed by atoms with E-state index in [-0.39, 0.29) is 19.0 Å². The van der Waals surface area contributed by atoms with Gasteiger partial charge in [-0.3, -0.25) is 4.79 Å². The van der Waals surface area contributed by atoms with Gasteiger partial charge in [-0.2, -0.15) is 0 Å². The van der Waals surface area contributed by atoms with E-state index in [1.165, 1.54) is 12.1 Å². The predicted octanol–water partition coefficient (Wildman–Crippen LogP) is 1.91. The molecule has 1 saturated heterocycles. The highest BCUT2D eigenvalue weighted by atomic mass is 19.1. The van der Waals surface area contributed by atoms with Crippen molar-refractivity contribution in [2.75, 3.05) is 24.5 Å². The van der Waals surface area contributed by atoms with Gasteiger partial charge in [-0.25, -0.2) is 18.7 Å². The number of piperazine rings is 1. The molecule has 3 rings (SSSR count). The van der Waals surface area contributed by atoms with Crippen LogP contribution in [0, 0.1) is 18.6 Å². The van der Waals surface area contributed by atoms with Crippen LogP contribution in [-0.2, 0) is 11.3 Å². The third-order valence-corrected chi connectivity index (χ3v) is 3.75. The largest absolute Gasteiger partial charge is 0.335 e. The molecule has 1 aromatic heterocycles. The van der Waals surface area contributed by atoms with Gasteiger partial charge in [-0.1, -0.05) is 6.07 Å². The maximum absolute atomic E-state index is 13.7. The fourth-order valence-electron chi connectivity index (χ4n) is 2.45. The average Bonchev–Trinajstić information content (AvgIpc) is 2.52. The van der Waals surface area contributed by atoms with Gasteiger partial charge in [0.05, 0.1) is 0 Å². The molecule has 7 heteroatoms. The lowest BCUT2D eigenvalue weighted by Gasteiger charge is -2.34. The summed E-state index contributed by atoms with van der Waals surface area (Å²) in [5.41, 5.74) is 1.25. The quantitative estimate of drug-likeness (QED) is 0.867. The van der Waals surface area contributed by atoms with Gasteiger partial charge >= 0.3 is 0 Å². The monoisotopic (exact) mass is 318 g/mol. The van der Waals surface area contributed by atoms with E-state index in [4.69, 9.17) is 0 Å². The molecular weight excluding hydrogens is 302 g/mol. The molecule has 2 heterocycles. The minimum atomic E-state index is -0.637. The van der Waals surface area contributed by atoms with Crippen LogP contribution in [0.25, 0.3) is 0 Å².